The molecule has 2 N–H and O–H groups in total. The third-order valence-corrected chi connectivity index (χ3v) is 2.53. The number of carbonyl (C=O) groups is 2. The quantitative estimate of drug-likeness (QED) is 0.887. The Bertz CT molecular complexity index is 638. The molecule has 1 amide bonds. The average Bonchev–Trinajstić information content (AvgIpc) is 2.47. The van der Waals surface area contributed by atoms with Gasteiger partial charge in [0.2, 0.25) is 0 Å². The van der Waals surface area contributed by atoms with Gasteiger partial charge in [0.05, 0.1) is 5.56 Å². The Balaban J connectivity index is 2.17. The van der Waals surface area contributed by atoms with E-state index in [9.17, 15) is 9.59 Å². The number of hydrogen-bond acceptors (Lipinski definition) is 4. The molecule has 1 aromatic carbocycles. The van der Waals surface area contributed by atoms with Crippen LogP contribution in [0.5, 0.6) is 11.5 Å². The van der Waals surface area contributed by atoms with E-state index in [0.717, 1.165) is 0 Å². The molecule has 0 unspecified atom stereocenters. The van der Waals surface area contributed by atoms with E-state index in [1.165, 1.54) is 31.4 Å². The van der Waals surface area contributed by atoms with Crippen LogP contribution in [0.4, 0.5) is 0 Å². The van der Waals surface area contributed by atoms with Crippen LogP contribution in [-0.2, 0) is 0 Å². The number of hydrogen-bond donors (Lipinski definition) is 2. The number of benzene rings is 1. The lowest BCUT2D eigenvalue weighted by atomic mass is 10.2. The van der Waals surface area contributed by atoms with E-state index in [0.29, 0.717) is 11.5 Å². The van der Waals surface area contributed by atoms with Crippen LogP contribution in [0.1, 0.15) is 20.8 Å². The summed E-state index contributed by atoms with van der Waals surface area (Å²) in [6, 6.07) is 9.09. The molecule has 0 fully saturated rings. The van der Waals surface area contributed by atoms with Gasteiger partial charge in [-0.2, -0.15) is 0 Å². The topological polar surface area (TPSA) is 88.5 Å². The molecule has 0 bridgehead atoms. The molecule has 6 nitrogen and oxygen atoms in total. The fraction of sp³-hybridized carbons (Fsp3) is 0.0714. The maximum Gasteiger partial charge on any atom is 0.335 e. The molecule has 1 aromatic heterocycles. The van der Waals surface area contributed by atoms with Crippen molar-refractivity contribution in [3.05, 3.63) is 53.9 Å². The SMILES string of the molecule is CNC(=O)c1cc(Oc2ccc(C(=O)O)cc2)ccn1. The molecule has 0 aliphatic heterocycles. The molecule has 6 heteroatoms. The largest absolute Gasteiger partial charge is 0.478 e. The molecule has 0 aliphatic rings. The molecular weight excluding hydrogens is 260 g/mol. The van der Waals surface area contributed by atoms with Gasteiger partial charge in [-0.3, -0.25) is 9.78 Å². The molecule has 0 saturated carbocycles. The van der Waals surface area contributed by atoms with Crippen LogP contribution in [0.25, 0.3) is 0 Å². The number of rotatable bonds is 4. The Hall–Kier alpha value is -2.89. The second-order valence-corrected chi connectivity index (χ2v) is 3.89. The number of carboxylic acid groups (broad SMARTS) is 1. The number of pyridine rings is 1. The van der Waals surface area contributed by atoms with E-state index in [2.05, 4.69) is 10.3 Å². The summed E-state index contributed by atoms with van der Waals surface area (Å²) in [5.74, 6) is -0.384. The first-order chi connectivity index (χ1) is 9.60. The number of ether oxygens (including phenoxy) is 1. The van der Waals surface area contributed by atoms with Crippen molar-refractivity contribution in [1.82, 2.24) is 10.3 Å². The van der Waals surface area contributed by atoms with Gasteiger partial charge in [0, 0.05) is 19.3 Å². The first kappa shape index (κ1) is 13.5. The summed E-state index contributed by atoms with van der Waals surface area (Å²) < 4.78 is 5.54. The van der Waals surface area contributed by atoms with E-state index in [1.54, 1.807) is 18.2 Å². The summed E-state index contributed by atoms with van der Waals surface area (Å²) in [4.78, 5) is 26.1. The summed E-state index contributed by atoms with van der Waals surface area (Å²) in [6.45, 7) is 0. The molecule has 2 aromatic rings. The van der Waals surface area contributed by atoms with Gasteiger partial charge < -0.3 is 15.2 Å². The normalized spacial score (nSPS) is 9.85. The molecule has 0 radical (unpaired) electrons. The average molecular weight is 272 g/mol. The van der Waals surface area contributed by atoms with Gasteiger partial charge in [-0.15, -0.1) is 0 Å². The molecule has 2 rings (SSSR count). The van der Waals surface area contributed by atoms with Crippen LogP contribution < -0.4 is 10.1 Å². The van der Waals surface area contributed by atoms with Crippen molar-refractivity contribution >= 4 is 11.9 Å². The number of amides is 1. The lowest BCUT2D eigenvalue weighted by Crippen LogP contribution is -2.18. The third kappa shape index (κ3) is 3.11. The Kier molecular flexibility index (Phi) is 3.95. The van der Waals surface area contributed by atoms with Gasteiger partial charge in [-0.1, -0.05) is 0 Å². The standard InChI is InChI=1S/C14H12N2O4/c1-15-13(17)12-8-11(6-7-16-12)20-10-4-2-9(3-5-10)14(18)19/h2-8H,1H3,(H,15,17)(H,18,19). The number of aromatic carboxylic acids is 1. The molecule has 1 heterocycles. The summed E-state index contributed by atoms with van der Waals surface area (Å²) in [7, 11) is 1.52. The van der Waals surface area contributed by atoms with Crippen molar-refractivity contribution in [3.63, 3.8) is 0 Å². The van der Waals surface area contributed by atoms with Crippen LogP contribution in [0.2, 0.25) is 0 Å². The summed E-state index contributed by atoms with van der Waals surface area (Å²) >= 11 is 0. The van der Waals surface area contributed by atoms with E-state index in [-0.39, 0.29) is 17.2 Å². The first-order valence-electron chi connectivity index (χ1n) is 5.79. The van der Waals surface area contributed by atoms with Crippen LogP contribution >= 0.6 is 0 Å². The first-order valence-corrected chi connectivity index (χ1v) is 5.79. The zero-order valence-electron chi connectivity index (χ0n) is 10.7. The Morgan fingerprint density at radius 1 is 1.15 bits per heavy atom. The number of aromatic nitrogens is 1. The van der Waals surface area contributed by atoms with Gasteiger partial charge >= 0.3 is 5.97 Å². The number of nitrogens with one attached hydrogen (secondary N) is 1. The fourth-order valence-electron chi connectivity index (χ4n) is 1.53. The van der Waals surface area contributed by atoms with Crippen molar-refractivity contribution in [2.75, 3.05) is 7.05 Å². The van der Waals surface area contributed by atoms with E-state index < -0.39 is 5.97 Å². The summed E-state index contributed by atoms with van der Waals surface area (Å²) in [5.41, 5.74) is 0.422. The highest BCUT2D eigenvalue weighted by Crippen LogP contribution is 2.21. The van der Waals surface area contributed by atoms with E-state index in [1.807, 2.05) is 0 Å². The highest BCUT2D eigenvalue weighted by molar-refractivity contribution is 5.92. The molecule has 102 valence electrons. The molecule has 0 spiro atoms. The molecule has 0 saturated heterocycles. The summed E-state index contributed by atoms with van der Waals surface area (Å²) in [5, 5.41) is 11.3. The van der Waals surface area contributed by atoms with Gasteiger partial charge in [0.15, 0.2) is 0 Å². The zero-order valence-corrected chi connectivity index (χ0v) is 10.7. The lowest BCUT2D eigenvalue weighted by molar-refractivity contribution is 0.0696. The van der Waals surface area contributed by atoms with Crippen molar-refractivity contribution in [1.29, 1.82) is 0 Å². The monoisotopic (exact) mass is 272 g/mol. The van der Waals surface area contributed by atoms with Crippen LogP contribution in [0.3, 0.4) is 0 Å². The third-order valence-electron chi connectivity index (χ3n) is 2.53. The maximum absolute atomic E-state index is 11.4. The predicted molar refractivity (Wildman–Crippen MR) is 71.1 cm³/mol. The molecule has 0 aliphatic carbocycles. The second-order valence-electron chi connectivity index (χ2n) is 3.89. The second kappa shape index (κ2) is 5.83. The number of carbonyl (C=O) groups excluding carboxylic acids is 1. The van der Waals surface area contributed by atoms with Crippen molar-refractivity contribution < 1.29 is 19.4 Å². The van der Waals surface area contributed by atoms with Crippen LogP contribution in [0.15, 0.2) is 42.6 Å². The van der Waals surface area contributed by atoms with Crippen molar-refractivity contribution in [3.8, 4) is 11.5 Å². The minimum Gasteiger partial charge on any atom is -0.478 e. The molecule has 0 atom stereocenters. The Labute approximate surface area is 115 Å². The van der Waals surface area contributed by atoms with Gasteiger partial charge in [-0.05, 0) is 30.3 Å². The fourth-order valence-corrected chi connectivity index (χ4v) is 1.53. The van der Waals surface area contributed by atoms with Gasteiger partial charge in [-0.25, -0.2) is 4.79 Å². The minimum atomic E-state index is -0.998. The van der Waals surface area contributed by atoms with E-state index >= 15 is 0 Å². The Morgan fingerprint density at radius 2 is 1.85 bits per heavy atom. The zero-order chi connectivity index (χ0) is 14.5. The smallest absolute Gasteiger partial charge is 0.335 e. The van der Waals surface area contributed by atoms with E-state index in [4.69, 9.17) is 9.84 Å². The highest BCUT2D eigenvalue weighted by Gasteiger charge is 2.07. The predicted octanol–water partition coefficient (Wildman–Crippen LogP) is 1.93. The van der Waals surface area contributed by atoms with Gasteiger partial charge in [0.25, 0.3) is 5.91 Å². The number of nitrogens with zero attached hydrogens (tertiary/aromatic N) is 1. The molecule has 20 heavy (non-hydrogen) atoms. The van der Waals surface area contributed by atoms with Gasteiger partial charge in [0.1, 0.15) is 17.2 Å². The molecular formula is C14H12N2O4. The number of carboxylic acids is 1. The summed E-state index contributed by atoms with van der Waals surface area (Å²) in [6.07, 6.45) is 1.46. The van der Waals surface area contributed by atoms with Crippen LogP contribution in [-0.4, -0.2) is 29.0 Å². The minimum absolute atomic E-state index is 0.179. The van der Waals surface area contributed by atoms with Crippen molar-refractivity contribution in [2.24, 2.45) is 0 Å². The van der Waals surface area contributed by atoms with Crippen molar-refractivity contribution in [2.45, 2.75) is 0 Å². The highest BCUT2D eigenvalue weighted by atomic mass is 16.5. The Morgan fingerprint density at radius 3 is 2.45 bits per heavy atom. The maximum atomic E-state index is 11.4. The lowest BCUT2D eigenvalue weighted by Gasteiger charge is -2.07. The van der Waals surface area contributed by atoms with Crippen LogP contribution in [0, 0.1) is 0 Å².